The van der Waals surface area contributed by atoms with E-state index in [0.29, 0.717) is 6.54 Å². The van der Waals surface area contributed by atoms with Gasteiger partial charge in [0.05, 0.1) is 6.04 Å². The van der Waals surface area contributed by atoms with Gasteiger partial charge in [0.2, 0.25) is 5.91 Å². The van der Waals surface area contributed by atoms with Crippen LogP contribution in [0.25, 0.3) is 0 Å². The molecule has 1 saturated carbocycles. The van der Waals surface area contributed by atoms with Crippen LogP contribution in [0.3, 0.4) is 0 Å². The fourth-order valence-electron chi connectivity index (χ4n) is 2.18. The summed E-state index contributed by atoms with van der Waals surface area (Å²) < 4.78 is 5.21. The highest BCUT2D eigenvalue weighted by Crippen LogP contribution is 2.21. The van der Waals surface area contributed by atoms with Crippen molar-refractivity contribution in [2.24, 2.45) is 0 Å². The van der Waals surface area contributed by atoms with Crippen LogP contribution in [0.5, 0.6) is 0 Å². The van der Waals surface area contributed by atoms with Crippen molar-refractivity contribution in [2.75, 3.05) is 6.54 Å². The molecule has 1 unspecified atom stereocenters. The summed E-state index contributed by atoms with van der Waals surface area (Å²) in [5, 5.41) is 8.97. The number of carbonyl (C=O) groups excluding carboxylic acids is 2. The third kappa shape index (κ3) is 6.80. The topological polar surface area (TPSA) is 79.5 Å². The summed E-state index contributed by atoms with van der Waals surface area (Å²) in [6, 6.07) is 0.194. The monoisotopic (exact) mass is 299 g/mol. The maximum Gasteiger partial charge on any atom is 0.407 e. The molecular weight excluding hydrogens is 270 g/mol. The largest absolute Gasteiger partial charge is 0.444 e. The van der Waals surface area contributed by atoms with Crippen molar-refractivity contribution in [1.82, 2.24) is 16.0 Å². The SMILES string of the molecule is CCCNC(=O)C(C)NC1CC(NC(=O)OC(C)(C)C)C1. The van der Waals surface area contributed by atoms with Gasteiger partial charge >= 0.3 is 6.09 Å². The van der Waals surface area contributed by atoms with Gasteiger partial charge in [0.25, 0.3) is 0 Å². The third-order valence-corrected chi connectivity index (χ3v) is 3.29. The van der Waals surface area contributed by atoms with Crippen molar-refractivity contribution in [3.05, 3.63) is 0 Å². The summed E-state index contributed by atoms with van der Waals surface area (Å²) in [4.78, 5) is 23.3. The van der Waals surface area contributed by atoms with E-state index in [1.54, 1.807) is 0 Å². The molecule has 21 heavy (non-hydrogen) atoms. The van der Waals surface area contributed by atoms with E-state index >= 15 is 0 Å². The summed E-state index contributed by atoms with van der Waals surface area (Å²) >= 11 is 0. The minimum Gasteiger partial charge on any atom is -0.444 e. The van der Waals surface area contributed by atoms with Gasteiger partial charge in [0.15, 0.2) is 0 Å². The zero-order valence-electron chi connectivity index (χ0n) is 13.8. The molecule has 3 N–H and O–H groups in total. The molecule has 6 heteroatoms. The number of hydrogen-bond acceptors (Lipinski definition) is 4. The van der Waals surface area contributed by atoms with Gasteiger partial charge in [-0.25, -0.2) is 4.79 Å². The first-order valence-electron chi connectivity index (χ1n) is 7.74. The average Bonchev–Trinajstić information content (AvgIpc) is 2.30. The zero-order chi connectivity index (χ0) is 16.0. The van der Waals surface area contributed by atoms with Crippen molar-refractivity contribution >= 4 is 12.0 Å². The minimum atomic E-state index is -0.475. The lowest BCUT2D eigenvalue weighted by Gasteiger charge is -2.38. The van der Waals surface area contributed by atoms with Gasteiger partial charge in [-0.05, 0) is 47.0 Å². The van der Waals surface area contributed by atoms with Crippen LogP contribution in [0.1, 0.15) is 53.9 Å². The lowest BCUT2D eigenvalue weighted by atomic mass is 9.86. The Hall–Kier alpha value is -1.30. The van der Waals surface area contributed by atoms with Crippen molar-refractivity contribution in [2.45, 2.75) is 77.6 Å². The number of carbonyl (C=O) groups is 2. The van der Waals surface area contributed by atoms with Gasteiger partial charge in [-0.1, -0.05) is 6.92 Å². The number of amides is 2. The first kappa shape index (κ1) is 17.8. The van der Waals surface area contributed by atoms with Crippen molar-refractivity contribution in [3.8, 4) is 0 Å². The van der Waals surface area contributed by atoms with Gasteiger partial charge in [0.1, 0.15) is 5.60 Å². The molecule has 1 aliphatic rings. The molecule has 1 aliphatic carbocycles. The molecule has 1 rings (SSSR count). The van der Waals surface area contributed by atoms with E-state index < -0.39 is 5.60 Å². The predicted octanol–water partition coefficient (Wildman–Crippen LogP) is 1.55. The minimum absolute atomic E-state index is 0.0281. The fraction of sp³-hybridized carbons (Fsp3) is 0.867. The van der Waals surface area contributed by atoms with Gasteiger partial charge in [-0.15, -0.1) is 0 Å². The summed E-state index contributed by atoms with van der Waals surface area (Å²) in [6.07, 6.45) is 2.21. The molecule has 2 amide bonds. The highest BCUT2D eigenvalue weighted by atomic mass is 16.6. The van der Waals surface area contributed by atoms with Crippen LogP contribution in [0.2, 0.25) is 0 Å². The van der Waals surface area contributed by atoms with Crippen molar-refractivity contribution in [3.63, 3.8) is 0 Å². The molecule has 122 valence electrons. The molecule has 0 radical (unpaired) electrons. The van der Waals surface area contributed by atoms with Crippen LogP contribution in [-0.4, -0.2) is 42.3 Å². The molecule has 0 aromatic heterocycles. The highest BCUT2D eigenvalue weighted by Gasteiger charge is 2.33. The van der Waals surface area contributed by atoms with Crippen LogP contribution in [0, 0.1) is 0 Å². The van der Waals surface area contributed by atoms with Gasteiger partial charge in [0, 0.05) is 18.6 Å². The number of alkyl carbamates (subject to hydrolysis) is 1. The Bertz CT molecular complexity index is 360. The lowest BCUT2D eigenvalue weighted by molar-refractivity contribution is -0.123. The molecule has 0 saturated heterocycles. The number of hydrogen-bond donors (Lipinski definition) is 3. The Morgan fingerprint density at radius 2 is 1.86 bits per heavy atom. The Kier molecular flexibility index (Phi) is 6.45. The number of ether oxygens (including phenoxy) is 1. The normalized spacial score (nSPS) is 22.9. The van der Waals surface area contributed by atoms with Crippen LogP contribution < -0.4 is 16.0 Å². The van der Waals surface area contributed by atoms with E-state index in [2.05, 4.69) is 16.0 Å². The van der Waals surface area contributed by atoms with Gasteiger partial charge in [-0.3, -0.25) is 4.79 Å². The molecule has 0 heterocycles. The molecule has 1 fully saturated rings. The van der Waals surface area contributed by atoms with E-state index in [1.807, 2.05) is 34.6 Å². The van der Waals surface area contributed by atoms with Crippen molar-refractivity contribution < 1.29 is 14.3 Å². The molecular formula is C15H29N3O3. The molecule has 0 aromatic rings. The second-order valence-corrected chi connectivity index (χ2v) is 6.69. The number of nitrogens with one attached hydrogen (secondary N) is 3. The van der Waals surface area contributed by atoms with Crippen LogP contribution in [-0.2, 0) is 9.53 Å². The maximum atomic E-state index is 11.7. The van der Waals surface area contributed by atoms with Gasteiger partial charge in [-0.2, -0.15) is 0 Å². The highest BCUT2D eigenvalue weighted by molar-refractivity contribution is 5.81. The summed E-state index contributed by atoms with van der Waals surface area (Å²) in [6.45, 7) is 10.1. The standard InChI is InChI=1S/C15H29N3O3/c1-6-7-16-13(19)10(2)17-11-8-12(9-11)18-14(20)21-15(3,4)5/h10-12,17H,6-9H2,1-5H3,(H,16,19)(H,18,20). The Morgan fingerprint density at radius 3 is 2.38 bits per heavy atom. The lowest BCUT2D eigenvalue weighted by Crippen LogP contribution is -2.57. The molecule has 0 spiro atoms. The van der Waals surface area contributed by atoms with E-state index in [-0.39, 0.29) is 30.1 Å². The maximum absolute atomic E-state index is 11.7. The van der Waals surface area contributed by atoms with E-state index in [0.717, 1.165) is 19.3 Å². The van der Waals surface area contributed by atoms with E-state index in [4.69, 9.17) is 4.74 Å². The van der Waals surface area contributed by atoms with E-state index in [1.165, 1.54) is 0 Å². The third-order valence-electron chi connectivity index (χ3n) is 3.29. The smallest absolute Gasteiger partial charge is 0.407 e. The van der Waals surface area contributed by atoms with Crippen LogP contribution in [0.4, 0.5) is 4.79 Å². The predicted molar refractivity (Wildman–Crippen MR) is 82.1 cm³/mol. The summed E-state index contributed by atoms with van der Waals surface area (Å²) in [5.74, 6) is 0.0281. The molecule has 1 atom stereocenters. The molecule has 6 nitrogen and oxygen atoms in total. The second-order valence-electron chi connectivity index (χ2n) is 6.69. The Morgan fingerprint density at radius 1 is 1.24 bits per heavy atom. The molecule has 0 aromatic carbocycles. The number of rotatable bonds is 6. The zero-order valence-corrected chi connectivity index (χ0v) is 13.8. The van der Waals surface area contributed by atoms with Gasteiger partial charge < -0.3 is 20.7 Å². The molecule has 0 aliphatic heterocycles. The first-order valence-corrected chi connectivity index (χ1v) is 7.74. The van der Waals surface area contributed by atoms with Crippen molar-refractivity contribution in [1.29, 1.82) is 0 Å². The fourth-order valence-corrected chi connectivity index (χ4v) is 2.18. The quantitative estimate of drug-likeness (QED) is 0.695. The second kappa shape index (κ2) is 7.64. The average molecular weight is 299 g/mol. The van der Waals surface area contributed by atoms with E-state index in [9.17, 15) is 9.59 Å². The molecule has 0 bridgehead atoms. The summed E-state index contributed by atoms with van der Waals surface area (Å²) in [5.41, 5.74) is -0.475. The summed E-state index contributed by atoms with van der Waals surface area (Å²) in [7, 11) is 0. The van der Waals surface area contributed by atoms with Crippen LogP contribution in [0.15, 0.2) is 0 Å². The Labute approximate surface area is 127 Å². The van der Waals surface area contributed by atoms with Crippen LogP contribution >= 0.6 is 0 Å². The first-order chi connectivity index (χ1) is 9.71. The Balaban J connectivity index is 2.18.